The van der Waals surface area contributed by atoms with Gasteiger partial charge in [-0.3, -0.25) is 0 Å². The molecule has 1 aromatic heterocycles. The lowest BCUT2D eigenvalue weighted by Crippen LogP contribution is -2.28. The van der Waals surface area contributed by atoms with Crippen molar-refractivity contribution in [2.45, 2.75) is 13.5 Å². The smallest absolute Gasteiger partial charge is 0.246 e. The van der Waals surface area contributed by atoms with E-state index < -0.39 is 0 Å². The number of hydrogen-bond donors (Lipinski definition) is 2. The van der Waals surface area contributed by atoms with Gasteiger partial charge in [-0.25, -0.2) is 0 Å². The van der Waals surface area contributed by atoms with Crippen LogP contribution in [-0.2, 0) is 6.54 Å². The van der Waals surface area contributed by atoms with Crippen molar-refractivity contribution in [1.82, 2.24) is 15.5 Å². The Balaban J connectivity index is 1.59. The molecule has 2 N–H and O–H groups in total. The number of nitrogens with zero attached hydrogens (tertiary/aromatic N) is 2. The third-order valence-corrected chi connectivity index (χ3v) is 3.72. The number of aryl methyl sites for hydroxylation is 1. The second-order valence-electron chi connectivity index (χ2n) is 5.42. The zero-order valence-electron chi connectivity index (χ0n) is 13.9. The fourth-order valence-electron chi connectivity index (χ4n) is 2.26. The number of rotatable bonds is 5. The van der Waals surface area contributed by atoms with Gasteiger partial charge in [0.1, 0.15) is 5.75 Å². The van der Waals surface area contributed by atoms with Crippen LogP contribution in [0.25, 0.3) is 11.4 Å². The summed E-state index contributed by atoms with van der Waals surface area (Å²) < 4.78 is 10.5. The summed E-state index contributed by atoms with van der Waals surface area (Å²) in [5.41, 5.74) is 2.92. The largest absolute Gasteiger partial charge is 0.497 e. The van der Waals surface area contributed by atoms with Gasteiger partial charge in [0.15, 0.2) is 5.11 Å². The van der Waals surface area contributed by atoms with Gasteiger partial charge in [0.05, 0.1) is 13.7 Å². The first-order chi connectivity index (χ1) is 12.1. The summed E-state index contributed by atoms with van der Waals surface area (Å²) >= 11 is 5.28. The molecule has 7 heteroatoms. The number of aromatic nitrogens is 2. The molecule has 0 aliphatic heterocycles. The first kappa shape index (κ1) is 16.9. The van der Waals surface area contributed by atoms with Gasteiger partial charge in [0.2, 0.25) is 11.7 Å². The van der Waals surface area contributed by atoms with Crippen molar-refractivity contribution in [3.05, 3.63) is 60.0 Å². The van der Waals surface area contributed by atoms with Crippen LogP contribution < -0.4 is 15.4 Å². The second kappa shape index (κ2) is 7.76. The van der Waals surface area contributed by atoms with Crippen molar-refractivity contribution in [2.75, 3.05) is 12.4 Å². The van der Waals surface area contributed by atoms with Gasteiger partial charge in [0.25, 0.3) is 0 Å². The highest BCUT2D eigenvalue weighted by Crippen LogP contribution is 2.21. The highest BCUT2D eigenvalue weighted by molar-refractivity contribution is 7.80. The summed E-state index contributed by atoms with van der Waals surface area (Å²) in [6, 6.07) is 15.5. The van der Waals surface area contributed by atoms with Crippen LogP contribution in [0.5, 0.6) is 5.75 Å². The summed E-state index contributed by atoms with van der Waals surface area (Å²) in [6.07, 6.45) is 0. The van der Waals surface area contributed by atoms with Crippen LogP contribution >= 0.6 is 12.2 Å². The number of nitrogens with one attached hydrogen (secondary N) is 2. The number of anilines is 1. The first-order valence-corrected chi connectivity index (χ1v) is 8.13. The molecule has 3 rings (SSSR count). The number of thiocarbonyl (C=S) groups is 1. The van der Waals surface area contributed by atoms with Crippen LogP contribution in [0.15, 0.2) is 53.1 Å². The summed E-state index contributed by atoms with van der Waals surface area (Å²) in [4.78, 5) is 4.37. The molecule has 0 fully saturated rings. The maximum atomic E-state index is 5.28. The maximum absolute atomic E-state index is 5.28. The van der Waals surface area contributed by atoms with E-state index in [1.54, 1.807) is 7.11 Å². The lowest BCUT2D eigenvalue weighted by atomic mass is 10.2. The SMILES string of the molecule is COc1cccc(-c2noc(CNC(=S)Nc3cccc(C)c3)n2)c1. The van der Waals surface area contributed by atoms with E-state index in [2.05, 4.69) is 20.8 Å². The summed E-state index contributed by atoms with van der Waals surface area (Å²) in [7, 11) is 1.62. The predicted octanol–water partition coefficient (Wildman–Crippen LogP) is 3.54. The predicted molar refractivity (Wildman–Crippen MR) is 101 cm³/mol. The molecule has 0 saturated carbocycles. The van der Waals surface area contributed by atoms with Crippen molar-refractivity contribution in [2.24, 2.45) is 0 Å². The van der Waals surface area contributed by atoms with Crippen molar-refractivity contribution >= 4 is 23.0 Å². The van der Waals surface area contributed by atoms with Gasteiger partial charge in [-0.1, -0.05) is 29.4 Å². The van der Waals surface area contributed by atoms with Gasteiger partial charge in [-0.15, -0.1) is 0 Å². The molecule has 0 bridgehead atoms. The minimum atomic E-state index is 0.342. The average molecular weight is 354 g/mol. The molecule has 0 aliphatic carbocycles. The number of benzene rings is 2. The molecule has 2 aromatic carbocycles. The highest BCUT2D eigenvalue weighted by Gasteiger charge is 2.10. The Morgan fingerprint density at radius 1 is 1.20 bits per heavy atom. The van der Waals surface area contributed by atoms with E-state index in [0.717, 1.165) is 22.6 Å². The Morgan fingerprint density at radius 2 is 2.04 bits per heavy atom. The summed E-state index contributed by atoms with van der Waals surface area (Å²) in [6.45, 7) is 2.37. The molecular formula is C18H18N4O2S. The van der Waals surface area contributed by atoms with E-state index in [1.807, 2.05) is 55.5 Å². The average Bonchev–Trinajstić information content (AvgIpc) is 3.09. The highest BCUT2D eigenvalue weighted by atomic mass is 32.1. The monoisotopic (exact) mass is 354 g/mol. The van der Waals surface area contributed by atoms with Crippen LogP contribution in [0.4, 0.5) is 5.69 Å². The Labute approximate surface area is 151 Å². The van der Waals surface area contributed by atoms with Crippen molar-refractivity contribution in [3.8, 4) is 17.1 Å². The molecule has 0 amide bonds. The molecular weight excluding hydrogens is 336 g/mol. The number of hydrogen-bond acceptors (Lipinski definition) is 5. The van der Waals surface area contributed by atoms with E-state index in [4.69, 9.17) is 21.5 Å². The van der Waals surface area contributed by atoms with Crippen molar-refractivity contribution < 1.29 is 9.26 Å². The Hall–Kier alpha value is -2.93. The van der Waals surface area contributed by atoms with E-state index >= 15 is 0 Å². The van der Waals surface area contributed by atoms with E-state index in [1.165, 1.54) is 0 Å². The minimum absolute atomic E-state index is 0.342. The molecule has 0 unspecified atom stereocenters. The molecule has 6 nitrogen and oxygen atoms in total. The molecule has 0 radical (unpaired) electrons. The number of methoxy groups -OCH3 is 1. The van der Waals surface area contributed by atoms with Crippen LogP contribution in [0, 0.1) is 6.92 Å². The summed E-state index contributed by atoms with van der Waals surface area (Å²) in [5.74, 6) is 1.70. The van der Waals surface area contributed by atoms with Crippen LogP contribution in [0.3, 0.4) is 0 Å². The van der Waals surface area contributed by atoms with Gasteiger partial charge < -0.3 is 19.9 Å². The molecule has 128 valence electrons. The lowest BCUT2D eigenvalue weighted by molar-refractivity contribution is 0.376. The standard InChI is InChI=1S/C18H18N4O2S/c1-12-5-3-7-14(9-12)20-18(25)19-11-16-21-17(22-24-16)13-6-4-8-15(10-13)23-2/h3-10H,11H2,1-2H3,(H2,19,20,25). The number of ether oxygens (including phenoxy) is 1. The lowest BCUT2D eigenvalue weighted by Gasteiger charge is -2.09. The molecule has 0 aliphatic rings. The van der Waals surface area contributed by atoms with E-state index in [9.17, 15) is 0 Å². The van der Waals surface area contributed by atoms with Crippen molar-refractivity contribution in [1.29, 1.82) is 0 Å². The Morgan fingerprint density at radius 3 is 2.84 bits per heavy atom. The Kier molecular flexibility index (Phi) is 5.25. The third-order valence-electron chi connectivity index (χ3n) is 3.47. The molecule has 0 saturated heterocycles. The van der Waals surface area contributed by atoms with Gasteiger partial charge >= 0.3 is 0 Å². The van der Waals surface area contributed by atoms with Crippen molar-refractivity contribution in [3.63, 3.8) is 0 Å². The topological polar surface area (TPSA) is 72.2 Å². The fraction of sp³-hybridized carbons (Fsp3) is 0.167. The van der Waals surface area contributed by atoms with Crippen LogP contribution in [0.1, 0.15) is 11.5 Å². The maximum Gasteiger partial charge on any atom is 0.246 e. The van der Waals surface area contributed by atoms with Gasteiger partial charge in [-0.05, 0) is 49.0 Å². The van der Waals surface area contributed by atoms with Crippen LogP contribution in [0.2, 0.25) is 0 Å². The first-order valence-electron chi connectivity index (χ1n) is 7.72. The van der Waals surface area contributed by atoms with Gasteiger partial charge in [-0.2, -0.15) is 4.98 Å². The molecule has 3 aromatic rings. The molecule has 0 spiro atoms. The normalized spacial score (nSPS) is 10.3. The zero-order chi connectivity index (χ0) is 17.6. The Bertz CT molecular complexity index is 879. The van der Waals surface area contributed by atoms with Gasteiger partial charge in [0, 0.05) is 11.3 Å². The fourth-order valence-corrected chi connectivity index (χ4v) is 2.45. The minimum Gasteiger partial charge on any atom is -0.497 e. The quantitative estimate of drug-likeness (QED) is 0.679. The zero-order valence-corrected chi connectivity index (χ0v) is 14.8. The molecule has 1 heterocycles. The third kappa shape index (κ3) is 4.54. The van der Waals surface area contributed by atoms with E-state index in [-0.39, 0.29) is 0 Å². The molecule has 25 heavy (non-hydrogen) atoms. The van der Waals surface area contributed by atoms with Crippen LogP contribution in [-0.4, -0.2) is 22.4 Å². The molecule has 0 atom stereocenters. The summed E-state index contributed by atoms with van der Waals surface area (Å²) in [5, 5.41) is 10.7. The van der Waals surface area contributed by atoms with E-state index in [0.29, 0.717) is 23.4 Å². The second-order valence-corrected chi connectivity index (χ2v) is 5.83.